The summed E-state index contributed by atoms with van der Waals surface area (Å²) in [6.45, 7) is 4.90. The number of sulfonamides is 1. The summed E-state index contributed by atoms with van der Waals surface area (Å²) in [5, 5.41) is 3.37. The number of piperidine rings is 1. The summed E-state index contributed by atoms with van der Waals surface area (Å²) in [5.41, 5.74) is 1.52. The number of nitrogens with zero attached hydrogens (tertiary/aromatic N) is 1. The third kappa shape index (κ3) is 5.50. The molecule has 29 heavy (non-hydrogen) atoms. The van der Waals surface area contributed by atoms with Crippen LogP contribution in [0.3, 0.4) is 0 Å². The predicted octanol–water partition coefficient (Wildman–Crippen LogP) is 4.09. The minimum absolute atomic E-state index is 0.182. The molecule has 1 aliphatic rings. The summed E-state index contributed by atoms with van der Waals surface area (Å²) in [5.74, 6) is 0.675. The Morgan fingerprint density at radius 2 is 1.83 bits per heavy atom. The number of benzene rings is 2. The Bertz CT molecular complexity index is 969. The number of aryl methyl sites for hydroxylation is 1. The van der Waals surface area contributed by atoms with Gasteiger partial charge in [-0.1, -0.05) is 18.5 Å². The molecule has 0 bridgehead atoms. The van der Waals surface area contributed by atoms with Crippen molar-refractivity contribution in [2.75, 3.05) is 25.0 Å². The van der Waals surface area contributed by atoms with Crippen molar-refractivity contribution in [2.24, 2.45) is 5.92 Å². The first kappa shape index (κ1) is 21.6. The zero-order valence-corrected chi connectivity index (χ0v) is 18.1. The van der Waals surface area contributed by atoms with E-state index in [0.717, 1.165) is 18.4 Å². The van der Waals surface area contributed by atoms with Crippen molar-refractivity contribution in [1.82, 2.24) is 4.31 Å². The molecule has 1 saturated heterocycles. The standard InChI is InChI=1S/C21H25ClN2O4S/c1-15-9-11-24(12-10-15)29(26,27)19-6-4-18(5-7-19)28-14-21(25)23-20-8-3-17(22)13-16(20)2/h3-8,13,15H,9-12,14H2,1-2H3,(H,23,25). The Kier molecular flexibility index (Phi) is 6.82. The number of halogens is 1. The van der Waals surface area contributed by atoms with Crippen LogP contribution in [-0.4, -0.2) is 38.3 Å². The largest absolute Gasteiger partial charge is 0.484 e. The van der Waals surface area contributed by atoms with E-state index < -0.39 is 10.0 Å². The zero-order chi connectivity index (χ0) is 21.0. The first-order valence-corrected chi connectivity index (χ1v) is 11.4. The van der Waals surface area contributed by atoms with Gasteiger partial charge in [0.25, 0.3) is 5.91 Å². The number of carbonyl (C=O) groups excluding carboxylic acids is 1. The maximum atomic E-state index is 12.7. The molecule has 0 aliphatic carbocycles. The van der Waals surface area contributed by atoms with Crippen molar-refractivity contribution in [3.8, 4) is 5.75 Å². The maximum Gasteiger partial charge on any atom is 0.262 e. The van der Waals surface area contributed by atoms with Gasteiger partial charge >= 0.3 is 0 Å². The first-order valence-electron chi connectivity index (χ1n) is 9.55. The molecule has 3 rings (SSSR count). The van der Waals surface area contributed by atoms with E-state index in [1.165, 1.54) is 16.4 Å². The lowest BCUT2D eigenvalue weighted by Gasteiger charge is -2.29. The van der Waals surface area contributed by atoms with Crippen LogP contribution in [-0.2, 0) is 14.8 Å². The molecule has 6 nitrogen and oxygen atoms in total. The van der Waals surface area contributed by atoms with E-state index in [1.54, 1.807) is 30.3 Å². The van der Waals surface area contributed by atoms with Gasteiger partial charge in [0, 0.05) is 23.8 Å². The van der Waals surface area contributed by atoms with Gasteiger partial charge in [0.2, 0.25) is 10.0 Å². The molecule has 2 aromatic rings. The summed E-state index contributed by atoms with van der Waals surface area (Å²) in [7, 11) is -3.49. The van der Waals surface area contributed by atoms with Crippen molar-refractivity contribution in [3.63, 3.8) is 0 Å². The fraction of sp³-hybridized carbons (Fsp3) is 0.381. The van der Waals surface area contributed by atoms with E-state index in [9.17, 15) is 13.2 Å². The number of carbonyl (C=O) groups is 1. The quantitative estimate of drug-likeness (QED) is 0.740. The second-order valence-corrected chi connectivity index (χ2v) is 9.73. The number of rotatable bonds is 6. The average molecular weight is 437 g/mol. The highest BCUT2D eigenvalue weighted by molar-refractivity contribution is 7.89. The maximum absolute atomic E-state index is 12.7. The minimum atomic E-state index is -3.49. The molecular weight excluding hydrogens is 412 g/mol. The lowest BCUT2D eigenvalue weighted by molar-refractivity contribution is -0.118. The lowest BCUT2D eigenvalue weighted by Crippen LogP contribution is -2.37. The fourth-order valence-electron chi connectivity index (χ4n) is 3.18. The SMILES string of the molecule is Cc1cc(Cl)ccc1NC(=O)COc1ccc(S(=O)(=O)N2CCC(C)CC2)cc1. The molecule has 0 aromatic heterocycles. The second kappa shape index (κ2) is 9.15. The third-order valence-corrected chi connectivity index (χ3v) is 7.18. The predicted molar refractivity (Wildman–Crippen MR) is 114 cm³/mol. The Morgan fingerprint density at radius 3 is 2.45 bits per heavy atom. The summed E-state index contributed by atoms with van der Waals surface area (Å²) in [6, 6.07) is 11.4. The number of ether oxygens (including phenoxy) is 1. The summed E-state index contributed by atoms with van der Waals surface area (Å²) < 4.78 is 32.5. The summed E-state index contributed by atoms with van der Waals surface area (Å²) in [4.78, 5) is 12.3. The number of amides is 1. The van der Waals surface area contributed by atoms with Crippen molar-refractivity contribution in [2.45, 2.75) is 31.6 Å². The number of anilines is 1. The number of hydrogen-bond donors (Lipinski definition) is 1. The molecular formula is C21H25ClN2O4S. The van der Waals surface area contributed by atoms with E-state index in [1.807, 2.05) is 6.92 Å². The molecule has 1 amide bonds. The van der Waals surface area contributed by atoms with Crippen molar-refractivity contribution < 1.29 is 17.9 Å². The van der Waals surface area contributed by atoms with Crippen LogP contribution in [0.25, 0.3) is 0 Å². The van der Waals surface area contributed by atoms with Crippen LogP contribution < -0.4 is 10.1 Å². The fourth-order valence-corrected chi connectivity index (χ4v) is 4.88. The van der Waals surface area contributed by atoms with Gasteiger partial charge in [-0.3, -0.25) is 4.79 Å². The van der Waals surface area contributed by atoms with Crippen molar-refractivity contribution >= 4 is 33.2 Å². The smallest absolute Gasteiger partial charge is 0.262 e. The molecule has 0 saturated carbocycles. The molecule has 0 radical (unpaired) electrons. The average Bonchev–Trinajstić information content (AvgIpc) is 2.69. The molecule has 8 heteroatoms. The van der Waals surface area contributed by atoms with Gasteiger partial charge < -0.3 is 10.1 Å². The van der Waals surface area contributed by atoms with Crippen molar-refractivity contribution in [3.05, 3.63) is 53.1 Å². The van der Waals surface area contributed by atoms with Gasteiger partial charge in [-0.05, 0) is 73.7 Å². The van der Waals surface area contributed by atoms with E-state index in [4.69, 9.17) is 16.3 Å². The highest BCUT2D eigenvalue weighted by Crippen LogP contribution is 2.25. The molecule has 2 aromatic carbocycles. The van der Waals surface area contributed by atoms with E-state index in [0.29, 0.717) is 35.5 Å². The van der Waals surface area contributed by atoms with E-state index >= 15 is 0 Å². The molecule has 1 aliphatic heterocycles. The lowest BCUT2D eigenvalue weighted by atomic mass is 10.0. The Balaban J connectivity index is 1.57. The normalized spacial score (nSPS) is 15.8. The van der Waals surface area contributed by atoms with E-state index in [2.05, 4.69) is 12.2 Å². The summed E-state index contributed by atoms with van der Waals surface area (Å²) in [6.07, 6.45) is 1.76. The molecule has 0 unspecified atom stereocenters. The molecule has 0 atom stereocenters. The molecule has 1 fully saturated rings. The van der Waals surface area contributed by atoms with Gasteiger partial charge in [0.15, 0.2) is 6.61 Å². The van der Waals surface area contributed by atoms with Gasteiger partial charge in [-0.15, -0.1) is 0 Å². The number of hydrogen-bond acceptors (Lipinski definition) is 4. The minimum Gasteiger partial charge on any atom is -0.484 e. The monoisotopic (exact) mass is 436 g/mol. The second-order valence-electron chi connectivity index (χ2n) is 7.35. The van der Waals surface area contributed by atoms with Crippen molar-refractivity contribution in [1.29, 1.82) is 0 Å². The highest BCUT2D eigenvalue weighted by atomic mass is 35.5. The van der Waals surface area contributed by atoms with Crippen LogP contribution in [0.1, 0.15) is 25.3 Å². The number of nitrogens with one attached hydrogen (secondary N) is 1. The van der Waals surface area contributed by atoms with E-state index in [-0.39, 0.29) is 17.4 Å². The van der Waals surface area contributed by atoms with Gasteiger partial charge in [-0.2, -0.15) is 4.31 Å². The molecule has 156 valence electrons. The van der Waals surface area contributed by atoms with Crippen LogP contribution in [0.15, 0.2) is 47.4 Å². The topological polar surface area (TPSA) is 75.7 Å². The molecule has 1 N–H and O–H groups in total. The van der Waals surface area contributed by atoms with Gasteiger partial charge in [0.1, 0.15) is 5.75 Å². The molecule has 0 spiro atoms. The zero-order valence-electron chi connectivity index (χ0n) is 16.5. The highest BCUT2D eigenvalue weighted by Gasteiger charge is 2.27. The Morgan fingerprint density at radius 1 is 1.17 bits per heavy atom. The Labute approximate surface area is 176 Å². The van der Waals surface area contributed by atoms with Crippen LogP contribution >= 0.6 is 11.6 Å². The van der Waals surface area contributed by atoms with Gasteiger partial charge in [0.05, 0.1) is 4.90 Å². The van der Waals surface area contributed by atoms with Crippen LogP contribution in [0.5, 0.6) is 5.75 Å². The first-order chi connectivity index (χ1) is 13.8. The van der Waals surface area contributed by atoms with Crippen LogP contribution in [0.2, 0.25) is 5.02 Å². The molecule has 1 heterocycles. The Hall–Kier alpha value is -2.09. The third-order valence-electron chi connectivity index (χ3n) is 5.04. The summed E-state index contributed by atoms with van der Waals surface area (Å²) >= 11 is 5.91. The van der Waals surface area contributed by atoms with Gasteiger partial charge in [-0.25, -0.2) is 8.42 Å². The van der Waals surface area contributed by atoms with Crippen LogP contribution in [0, 0.1) is 12.8 Å². The van der Waals surface area contributed by atoms with Crippen LogP contribution in [0.4, 0.5) is 5.69 Å².